The van der Waals surface area contributed by atoms with Crippen molar-refractivity contribution in [2.24, 2.45) is 5.10 Å². The van der Waals surface area contributed by atoms with Crippen molar-refractivity contribution in [3.8, 4) is 16.9 Å². The minimum atomic E-state index is 0.195. The first-order chi connectivity index (χ1) is 20.2. The van der Waals surface area contributed by atoms with Crippen LogP contribution in [0.25, 0.3) is 11.1 Å². The number of nitrogens with one attached hydrogen (secondary N) is 2. The fourth-order valence-electron chi connectivity index (χ4n) is 4.11. The molecule has 0 saturated carbocycles. The molecule has 2 atom stereocenters. The fourth-order valence-corrected chi connectivity index (χ4v) is 5.21. The number of anilines is 1. The molecule has 8 heteroatoms. The predicted molar refractivity (Wildman–Crippen MR) is 182 cm³/mol. The van der Waals surface area contributed by atoms with E-state index in [2.05, 4.69) is 79.8 Å². The largest absolute Gasteiger partial charge is 0.505 e. The zero-order valence-electron chi connectivity index (χ0n) is 25.3. The molecule has 2 aromatic carbocycles. The standard InChI is InChI=1S/C26H32ClN2OP.C8H13NO2/c1-4-6-8-19-15-22(20-11-9-18(7-5-2)10-12-20)26(30)24(16-19)29-28-23-14-13-21(27)17-25(23)31-3;1-7(2)8(3)11-5-4-9-6-10/h9-17,25,29-31H,4-8H2,1-3H3;6H,1,3-5H2,2H3,(H,9,10)/b28-23-;. The number of amides is 1. The fraction of sp³-hybridized carbons (Fsp3) is 0.353. The molecule has 6 nitrogen and oxygen atoms in total. The maximum atomic E-state index is 11.1. The van der Waals surface area contributed by atoms with Gasteiger partial charge in [-0.1, -0.05) is 81.8 Å². The van der Waals surface area contributed by atoms with Crippen molar-refractivity contribution in [1.82, 2.24) is 5.32 Å². The number of phenolic OH excluding ortho intramolecular Hbond substituents is 1. The SMILES string of the molecule is C=C(C)C(=C)OCCNC=O.CCCCc1cc(N/N=C2/C=CC(Cl)=CC2PC)c(O)c(-c2ccc(CCC)cc2)c1. The Kier molecular flexibility index (Phi) is 15.7. The summed E-state index contributed by atoms with van der Waals surface area (Å²) in [7, 11) is 0.664. The van der Waals surface area contributed by atoms with Gasteiger partial charge >= 0.3 is 0 Å². The number of carbonyl (C=O) groups is 1. The van der Waals surface area contributed by atoms with Gasteiger partial charge in [0.15, 0.2) is 0 Å². The van der Waals surface area contributed by atoms with Crippen molar-refractivity contribution < 1.29 is 14.6 Å². The number of phenols is 1. The molecule has 1 aliphatic rings. The summed E-state index contributed by atoms with van der Waals surface area (Å²) in [5.41, 5.74) is 10.1. The lowest BCUT2D eigenvalue weighted by Gasteiger charge is -2.17. The Morgan fingerprint density at radius 1 is 1.12 bits per heavy atom. The van der Waals surface area contributed by atoms with Crippen LogP contribution < -0.4 is 10.7 Å². The predicted octanol–water partition coefficient (Wildman–Crippen LogP) is 8.33. The zero-order valence-corrected chi connectivity index (χ0v) is 27.1. The second-order valence-corrected chi connectivity index (χ2v) is 11.6. The number of aromatic hydroxyl groups is 1. The first-order valence-electron chi connectivity index (χ1n) is 14.4. The summed E-state index contributed by atoms with van der Waals surface area (Å²) >= 11 is 6.15. The molecule has 226 valence electrons. The first kappa shape index (κ1) is 34.9. The van der Waals surface area contributed by atoms with E-state index < -0.39 is 0 Å². The minimum absolute atomic E-state index is 0.195. The molecule has 2 unspecified atom stereocenters. The molecule has 1 aliphatic carbocycles. The molecule has 0 bridgehead atoms. The first-order valence-corrected chi connectivity index (χ1v) is 16.4. The molecule has 3 rings (SSSR count). The van der Waals surface area contributed by atoms with Crippen molar-refractivity contribution in [1.29, 1.82) is 0 Å². The highest BCUT2D eigenvalue weighted by Gasteiger charge is 2.16. The molecule has 0 aromatic heterocycles. The summed E-state index contributed by atoms with van der Waals surface area (Å²) in [4.78, 5) is 9.78. The Bertz CT molecular complexity index is 1290. The molecule has 42 heavy (non-hydrogen) atoms. The highest BCUT2D eigenvalue weighted by atomic mass is 35.5. The van der Waals surface area contributed by atoms with Crippen molar-refractivity contribution in [3.63, 3.8) is 0 Å². The minimum Gasteiger partial charge on any atom is -0.505 e. The highest BCUT2D eigenvalue weighted by Crippen LogP contribution is 2.38. The van der Waals surface area contributed by atoms with E-state index in [9.17, 15) is 9.90 Å². The molecular formula is C34H45ClN3O3P. The van der Waals surface area contributed by atoms with E-state index in [1.54, 1.807) is 0 Å². The average Bonchev–Trinajstić information content (AvgIpc) is 2.99. The molecule has 0 fully saturated rings. The monoisotopic (exact) mass is 609 g/mol. The van der Waals surface area contributed by atoms with E-state index in [1.165, 1.54) is 11.1 Å². The molecule has 0 heterocycles. The van der Waals surface area contributed by atoms with Crippen molar-refractivity contribution >= 4 is 38.0 Å². The number of hydrazone groups is 1. The Balaban J connectivity index is 0.000000476. The number of unbranched alkanes of at least 4 members (excludes halogenated alkanes) is 1. The van der Waals surface area contributed by atoms with E-state index in [4.69, 9.17) is 16.3 Å². The zero-order chi connectivity index (χ0) is 30.9. The number of halogens is 1. The molecule has 0 spiro atoms. The number of hydrogen-bond donors (Lipinski definition) is 3. The van der Waals surface area contributed by atoms with Gasteiger partial charge in [-0.25, -0.2) is 0 Å². The smallest absolute Gasteiger partial charge is 0.207 e. The van der Waals surface area contributed by atoms with E-state index in [1.807, 2.05) is 31.2 Å². The summed E-state index contributed by atoms with van der Waals surface area (Å²) in [5.74, 6) is 0.800. The van der Waals surface area contributed by atoms with Gasteiger partial charge in [-0.3, -0.25) is 10.2 Å². The van der Waals surface area contributed by atoms with Crippen LogP contribution in [0.2, 0.25) is 0 Å². The molecule has 0 aliphatic heterocycles. The van der Waals surface area contributed by atoms with Crippen LogP contribution in [0.1, 0.15) is 51.2 Å². The van der Waals surface area contributed by atoms with E-state index in [-0.39, 0.29) is 11.4 Å². The number of ether oxygens (including phenoxy) is 1. The van der Waals surface area contributed by atoms with E-state index >= 15 is 0 Å². The summed E-state index contributed by atoms with van der Waals surface area (Å²) in [6.45, 7) is 16.5. The van der Waals surface area contributed by atoms with Gasteiger partial charge in [0.1, 0.15) is 18.1 Å². The molecule has 3 N–H and O–H groups in total. The van der Waals surface area contributed by atoms with E-state index in [0.29, 0.717) is 39.6 Å². The summed E-state index contributed by atoms with van der Waals surface area (Å²) < 4.78 is 5.09. The number of nitrogens with zero attached hydrogens (tertiary/aromatic N) is 1. The van der Waals surface area contributed by atoms with Crippen LogP contribution in [0.15, 0.2) is 89.3 Å². The highest BCUT2D eigenvalue weighted by molar-refractivity contribution is 7.39. The second kappa shape index (κ2) is 19.0. The van der Waals surface area contributed by atoms with Crippen LogP contribution in [-0.2, 0) is 22.4 Å². The van der Waals surface area contributed by atoms with E-state index in [0.717, 1.165) is 59.5 Å². The quantitative estimate of drug-likeness (QED) is 0.0360. The molecular weight excluding hydrogens is 565 g/mol. The van der Waals surface area contributed by atoms with Crippen molar-refractivity contribution in [3.05, 3.63) is 95.3 Å². The van der Waals surface area contributed by atoms with Crippen LogP contribution in [0.4, 0.5) is 5.69 Å². The molecule has 0 saturated heterocycles. The lowest BCUT2D eigenvalue weighted by Crippen LogP contribution is -2.17. The van der Waals surface area contributed by atoms with Gasteiger partial charge in [0, 0.05) is 16.3 Å². The van der Waals surface area contributed by atoms with Gasteiger partial charge in [0.25, 0.3) is 0 Å². The van der Waals surface area contributed by atoms with Gasteiger partial charge < -0.3 is 15.2 Å². The third kappa shape index (κ3) is 11.5. The number of aryl methyl sites for hydroxylation is 2. The normalized spacial score (nSPS) is 15.1. The van der Waals surface area contributed by atoms with Gasteiger partial charge in [-0.2, -0.15) is 5.10 Å². The third-order valence-corrected chi connectivity index (χ3v) is 7.89. The number of benzene rings is 2. The van der Waals surface area contributed by atoms with Gasteiger partial charge in [-0.15, -0.1) is 8.58 Å². The number of hydrogen-bond acceptors (Lipinski definition) is 5. The number of carbonyl (C=O) groups excluding carboxylic acids is 1. The topological polar surface area (TPSA) is 83.0 Å². The van der Waals surface area contributed by atoms with Crippen LogP contribution >= 0.6 is 20.2 Å². The van der Waals surface area contributed by atoms with Crippen molar-refractivity contribution in [2.75, 3.05) is 25.2 Å². The Labute approximate surface area is 258 Å². The van der Waals surface area contributed by atoms with Crippen molar-refractivity contribution in [2.45, 2.75) is 58.5 Å². The summed E-state index contributed by atoms with van der Waals surface area (Å²) in [6.07, 6.45) is 11.9. The Morgan fingerprint density at radius 2 is 1.86 bits per heavy atom. The lowest BCUT2D eigenvalue weighted by atomic mass is 9.97. The molecule has 1 amide bonds. The van der Waals surface area contributed by atoms with Crippen LogP contribution in [0, 0.1) is 0 Å². The molecule has 2 aromatic rings. The second-order valence-electron chi connectivity index (χ2n) is 10.0. The summed E-state index contributed by atoms with van der Waals surface area (Å²) in [6, 6.07) is 12.6. The van der Waals surface area contributed by atoms with Crippen LogP contribution in [0.5, 0.6) is 5.75 Å². The maximum absolute atomic E-state index is 11.1. The Hall–Kier alpha value is -3.34. The average molecular weight is 610 g/mol. The van der Waals surface area contributed by atoms with Gasteiger partial charge in [0.05, 0.1) is 17.9 Å². The van der Waals surface area contributed by atoms with Gasteiger partial charge in [-0.05, 0) is 79.4 Å². The Morgan fingerprint density at radius 3 is 2.48 bits per heavy atom. The van der Waals surface area contributed by atoms with Gasteiger partial charge in [0.2, 0.25) is 6.41 Å². The van der Waals surface area contributed by atoms with Crippen LogP contribution in [-0.4, -0.2) is 42.7 Å². The maximum Gasteiger partial charge on any atom is 0.207 e. The number of rotatable bonds is 15. The summed E-state index contributed by atoms with van der Waals surface area (Å²) in [5, 5.41) is 18.9. The molecule has 0 radical (unpaired) electrons. The lowest BCUT2D eigenvalue weighted by molar-refractivity contribution is -0.109. The third-order valence-electron chi connectivity index (χ3n) is 6.55. The van der Waals surface area contributed by atoms with Crippen LogP contribution in [0.3, 0.4) is 0 Å². The number of allylic oxidation sites excluding steroid dienone is 5.